The molecule has 0 spiro atoms. The van der Waals surface area contributed by atoms with Crippen LogP contribution in [0.15, 0.2) is 52.4 Å². The monoisotopic (exact) mass is 430 g/mol. The lowest BCUT2D eigenvalue weighted by atomic mass is 10.2. The van der Waals surface area contributed by atoms with E-state index >= 15 is 0 Å². The van der Waals surface area contributed by atoms with Gasteiger partial charge < -0.3 is 14.0 Å². The van der Waals surface area contributed by atoms with Crippen LogP contribution in [0.4, 0.5) is 0 Å². The number of aromatic nitrogens is 1. The maximum Gasteiger partial charge on any atom is 0.337 e. The van der Waals surface area contributed by atoms with Gasteiger partial charge in [-0.25, -0.2) is 4.79 Å². The van der Waals surface area contributed by atoms with Crippen molar-refractivity contribution in [1.82, 2.24) is 4.57 Å². The summed E-state index contributed by atoms with van der Waals surface area (Å²) in [4.78, 5) is 30.7. The Morgan fingerprint density at radius 2 is 1.97 bits per heavy atom. The number of ether oxygens (including phenoxy) is 2. The molecule has 29 heavy (non-hydrogen) atoms. The summed E-state index contributed by atoms with van der Waals surface area (Å²) in [6.07, 6.45) is 0. The third kappa shape index (κ3) is 4.77. The summed E-state index contributed by atoms with van der Waals surface area (Å²) in [5, 5.41) is 0. The van der Waals surface area contributed by atoms with Crippen molar-refractivity contribution in [3.05, 3.63) is 58.4 Å². The first-order valence-corrected chi connectivity index (χ1v) is 10.9. The largest absolute Gasteiger partial charge is 0.465 e. The zero-order chi connectivity index (χ0) is 20.8. The van der Waals surface area contributed by atoms with Crippen LogP contribution >= 0.6 is 23.1 Å². The van der Waals surface area contributed by atoms with E-state index in [2.05, 4.69) is 4.99 Å². The maximum atomic E-state index is 12.9. The molecule has 8 heteroatoms. The van der Waals surface area contributed by atoms with Gasteiger partial charge in [0.2, 0.25) is 0 Å². The Labute approximate surface area is 177 Å². The highest BCUT2D eigenvalue weighted by atomic mass is 32.2. The number of hydrogen-bond donors (Lipinski definition) is 0. The number of thiazole rings is 1. The zero-order valence-corrected chi connectivity index (χ0v) is 18.1. The normalized spacial score (nSPS) is 11.8. The maximum absolute atomic E-state index is 12.9. The van der Waals surface area contributed by atoms with Gasteiger partial charge in [0.1, 0.15) is 0 Å². The van der Waals surface area contributed by atoms with Crippen molar-refractivity contribution in [2.75, 3.05) is 26.6 Å². The van der Waals surface area contributed by atoms with E-state index in [1.807, 2.05) is 35.8 Å². The van der Waals surface area contributed by atoms with E-state index in [4.69, 9.17) is 9.47 Å². The van der Waals surface area contributed by atoms with Crippen LogP contribution in [0.5, 0.6) is 0 Å². The van der Waals surface area contributed by atoms with Crippen LogP contribution in [-0.4, -0.2) is 43.0 Å². The van der Waals surface area contributed by atoms with Crippen molar-refractivity contribution in [2.24, 2.45) is 4.99 Å². The van der Waals surface area contributed by atoms with Crippen molar-refractivity contribution < 1.29 is 19.1 Å². The summed E-state index contributed by atoms with van der Waals surface area (Å²) in [6.45, 7) is 3.08. The lowest BCUT2D eigenvalue weighted by Crippen LogP contribution is -2.19. The van der Waals surface area contributed by atoms with Crippen LogP contribution in [0.3, 0.4) is 0 Å². The molecule has 1 heterocycles. The minimum absolute atomic E-state index is 0.285. The topological polar surface area (TPSA) is 69.9 Å². The average molecular weight is 431 g/mol. The summed E-state index contributed by atoms with van der Waals surface area (Å²) < 4.78 is 12.8. The van der Waals surface area contributed by atoms with Gasteiger partial charge in [-0.05, 0) is 36.1 Å². The first kappa shape index (κ1) is 21.3. The number of amides is 1. The number of nitrogens with zero attached hydrogens (tertiary/aromatic N) is 2. The van der Waals surface area contributed by atoms with E-state index in [9.17, 15) is 9.59 Å². The van der Waals surface area contributed by atoms with Gasteiger partial charge in [0, 0.05) is 18.6 Å². The number of thioether (sulfide) groups is 1. The molecule has 0 aliphatic heterocycles. The number of esters is 1. The highest BCUT2D eigenvalue weighted by Gasteiger charge is 2.14. The van der Waals surface area contributed by atoms with Crippen molar-refractivity contribution in [3.63, 3.8) is 0 Å². The highest BCUT2D eigenvalue weighted by molar-refractivity contribution is 7.99. The van der Waals surface area contributed by atoms with Gasteiger partial charge in [0.25, 0.3) is 5.91 Å². The fourth-order valence-electron chi connectivity index (χ4n) is 2.87. The summed E-state index contributed by atoms with van der Waals surface area (Å²) in [6, 6.07) is 12.8. The van der Waals surface area contributed by atoms with Crippen molar-refractivity contribution in [3.8, 4) is 0 Å². The van der Waals surface area contributed by atoms with Gasteiger partial charge in [0.05, 0.1) is 35.1 Å². The lowest BCUT2D eigenvalue weighted by molar-refractivity contribution is 0.0600. The van der Waals surface area contributed by atoms with Crippen LogP contribution in [0, 0.1) is 0 Å². The molecule has 0 aliphatic rings. The summed E-state index contributed by atoms with van der Waals surface area (Å²) >= 11 is 2.98. The van der Waals surface area contributed by atoms with Crippen LogP contribution in [-0.2, 0) is 16.0 Å². The van der Waals surface area contributed by atoms with E-state index in [0.717, 1.165) is 20.9 Å². The van der Waals surface area contributed by atoms with Crippen molar-refractivity contribution in [1.29, 1.82) is 0 Å². The van der Waals surface area contributed by atoms with Gasteiger partial charge in [0.15, 0.2) is 4.80 Å². The molecule has 0 fully saturated rings. The second-order valence-electron chi connectivity index (χ2n) is 6.05. The van der Waals surface area contributed by atoms with Crippen LogP contribution in [0.2, 0.25) is 0 Å². The third-order valence-corrected chi connectivity index (χ3v) is 6.23. The number of carbonyl (C=O) groups is 2. The summed E-state index contributed by atoms with van der Waals surface area (Å²) in [5.74, 6) is 0.188. The molecular formula is C21H22N2O4S2. The number of rotatable bonds is 7. The van der Waals surface area contributed by atoms with E-state index in [0.29, 0.717) is 29.1 Å². The number of methoxy groups -OCH3 is 2. The van der Waals surface area contributed by atoms with E-state index in [1.165, 1.54) is 18.4 Å². The first-order chi connectivity index (χ1) is 14.1. The van der Waals surface area contributed by atoms with Gasteiger partial charge >= 0.3 is 5.97 Å². The van der Waals surface area contributed by atoms with E-state index < -0.39 is 5.97 Å². The average Bonchev–Trinajstić information content (AvgIpc) is 3.08. The Morgan fingerprint density at radius 1 is 1.17 bits per heavy atom. The number of benzene rings is 2. The third-order valence-electron chi connectivity index (χ3n) is 4.24. The summed E-state index contributed by atoms with van der Waals surface area (Å²) in [5.41, 5.74) is 1.94. The molecule has 6 nitrogen and oxygen atoms in total. The lowest BCUT2D eigenvalue weighted by Gasteiger charge is -2.06. The second kappa shape index (κ2) is 9.87. The molecule has 0 N–H and O–H groups in total. The molecule has 152 valence electrons. The Morgan fingerprint density at radius 3 is 2.69 bits per heavy atom. The van der Waals surface area contributed by atoms with Gasteiger partial charge in [-0.2, -0.15) is 4.99 Å². The highest BCUT2D eigenvalue weighted by Crippen LogP contribution is 2.23. The molecule has 0 saturated carbocycles. The fourth-order valence-corrected chi connectivity index (χ4v) is 4.76. The molecule has 1 aromatic heterocycles. The number of carbonyl (C=O) groups excluding carboxylic acids is 2. The molecule has 0 radical (unpaired) electrons. The molecule has 0 aliphatic carbocycles. The van der Waals surface area contributed by atoms with E-state index in [-0.39, 0.29) is 5.91 Å². The Kier molecular flexibility index (Phi) is 7.24. The molecular weight excluding hydrogens is 408 g/mol. The predicted molar refractivity (Wildman–Crippen MR) is 116 cm³/mol. The van der Waals surface area contributed by atoms with Crippen molar-refractivity contribution >= 4 is 45.2 Å². The Hall–Kier alpha value is -2.42. The Balaban J connectivity index is 2.11. The van der Waals surface area contributed by atoms with Crippen LogP contribution in [0.25, 0.3) is 10.2 Å². The van der Waals surface area contributed by atoms with E-state index in [1.54, 1.807) is 37.1 Å². The molecule has 0 bridgehead atoms. The Bertz CT molecular complexity index is 1100. The van der Waals surface area contributed by atoms with Crippen LogP contribution in [0.1, 0.15) is 27.6 Å². The van der Waals surface area contributed by atoms with Gasteiger partial charge in [-0.1, -0.05) is 30.4 Å². The molecule has 1 amide bonds. The first-order valence-electron chi connectivity index (χ1n) is 9.10. The quantitative estimate of drug-likeness (QED) is 0.419. The zero-order valence-electron chi connectivity index (χ0n) is 16.5. The number of hydrogen-bond acceptors (Lipinski definition) is 6. The molecule has 0 atom stereocenters. The van der Waals surface area contributed by atoms with Crippen molar-refractivity contribution in [2.45, 2.75) is 18.4 Å². The molecule has 0 saturated heterocycles. The van der Waals surface area contributed by atoms with Gasteiger partial charge in [-0.3, -0.25) is 4.79 Å². The van der Waals surface area contributed by atoms with Gasteiger partial charge in [-0.15, -0.1) is 11.8 Å². The second-order valence-corrected chi connectivity index (χ2v) is 8.36. The molecule has 0 unspecified atom stereocenters. The molecule has 3 rings (SSSR count). The number of fused-ring (bicyclic) bond motifs is 1. The smallest absolute Gasteiger partial charge is 0.337 e. The standard InChI is InChI=1S/C21H22N2O4S2/c1-4-28-17-8-6-5-7-15(17)19(24)22-21-23(11-12-26-2)16-10-9-14(20(25)27-3)13-18(16)29-21/h5-10,13H,4,11-12H2,1-3H3. The minimum Gasteiger partial charge on any atom is -0.465 e. The van der Waals surface area contributed by atoms with Crippen LogP contribution < -0.4 is 4.80 Å². The predicted octanol–water partition coefficient (Wildman–Crippen LogP) is 3.99. The molecule has 3 aromatic rings. The summed E-state index contributed by atoms with van der Waals surface area (Å²) in [7, 11) is 2.98. The SMILES string of the molecule is CCSc1ccccc1C(=O)N=c1sc2cc(C(=O)OC)ccc2n1CCOC. The minimum atomic E-state index is -0.399. The molecule has 2 aromatic carbocycles. The fraction of sp³-hybridized carbons (Fsp3) is 0.286.